The minimum absolute atomic E-state index is 0.123. The molecule has 0 spiro atoms. The molecule has 0 aliphatic carbocycles. The van der Waals surface area contributed by atoms with Gasteiger partial charge in [-0.25, -0.2) is 0 Å². The summed E-state index contributed by atoms with van der Waals surface area (Å²) in [5.74, 6) is 0.554. The van der Waals surface area contributed by atoms with Crippen LogP contribution < -0.4 is 5.79 Å². The first kappa shape index (κ1) is 81.3. The fourth-order valence-corrected chi connectivity index (χ4v) is 56.1. The second-order valence-corrected chi connectivity index (χ2v) is 60.0. The van der Waals surface area contributed by atoms with Gasteiger partial charge in [0.1, 0.15) is 0 Å². The molecule has 5 aromatic rings. The molecule has 0 amide bonds. The summed E-state index contributed by atoms with van der Waals surface area (Å²) in [7, 11) is 0. The molecule has 92 heavy (non-hydrogen) atoms. The van der Waals surface area contributed by atoms with Gasteiger partial charge >= 0.3 is 458 Å². The average molecular weight is 1520 g/mol. The van der Waals surface area contributed by atoms with Crippen LogP contribution in [0.3, 0.4) is 0 Å². The fraction of sp³-hybridized carbons (Fsp3) is 0.762. The number of hydrogen-bond donors (Lipinski definition) is 0. The van der Waals surface area contributed by atoms with E-state index in [9.17, 15) is 0 Å². The number of thiophene rings is 2. The second-order valence-electron chi connectivity index (χ2n) is 29.6. The van der Waals surface area contributed by atoms with E-state index in [0.29, 0.717) is 25.0 Å². The Morgan fingerprint density at radius 2 is 0.543 bits per heavy atom. The molecule has 0 N–H and O–H groups in total. The van der Waals surface area contributed by atoms with Crippen molar-refractivity contribution in [3.63, 3.8) is 0 Å². The maximum absolute atomic E-state index is 15.4. The summed E-state index contributed by atoms with van der Waals surface area (Å²) < 4.78 is 27.7. The molecule has 0 saturated carbocycles. The first-order valence-electron chi connectivity index (χ1n) is 40.3. The number of benzene rings is 3. The molecule has 0 saturated heterocycles. The van der Waals surface area contributed by atoms with E-state index < -0.39 is 36.8 Å². The van der Waals surface area contributed by atoms with Gasteiger partial charge in [-0.2, -0.15) is 0 Å². The normalized spacial score (nSPS) is 13.0. The summed E-state index contributed by atoms with van der Waals surface area (Å²) >= 11 is -1.84. The predicted molar refractivity (Wildman–Crippen MR) is 419 cm³/mol. The van der Waals surface area contributed by atoms with Crippen LogP contribution in [0.5, 0.6) is 0 Å². The Morgan fingerprint density at radius 3 is 0.793 bits per heavy atom. The van der Waals surface area contributed by atoms with Gasteiger partial charge in [-0.05, 0) is 0 Å². The van der Waals surface area contributed by atoms with Crippen molar-refractivity contribution < 1.29 is 19.1 Å². The Balaban J connectivity index is 1.70. The van der Waals surface area contributed by atoms with Crippen molar-refractivity contribution in [2.24, 2.45) is 11.8 Å². The van der Waals surface area contributed by atoms with Gasteiger partial charge in [0, 0.05) is 0 Å². The van der Waals surface area contributed by atoms with Crippen molar-refractivity contribution in [3.05, 3.63) is 47.5 Å². The van der Waals surface area contributed by atoms with E-state index in [0.717, 1.165) is 58.4 Å². The van der Waals surface area contributed by atoms with Crippen LogP contribution in [0.15, 0.2) is 36.4 Å². The van der Waals surface area contributed by atoms with Gasteiger partial charge in [-0.1, -0.05) is 130 Å². The first-order chi connectivity index (χ1) is 45.1. The van der Waals surface area contributed by atoms with Crippen molar-refractivity contribution in [2.75, 3.05) is 13.2 Å². The van der Waals surface area contributed by atoms with Gasteiger partial charge < -0.3 is 0 Å². The molecule has 2 aromatic heterocycles. The van der Waals surface area contributed by atoms with Crippen LogP contribution in [-0.4, -0.2) is 61.9 Å². The molecule has 0 fully saturated rings. The quantitative estimate of drug-likeness (QED) is 0.0168. The molecule has 0 aliphatic heterocycles. The second kappa shape index (κ2) is 48.4. The van der Waals surface area contributed by atoms with Gasteiger partial charge in [0.15, 0.2) is 0 Å². The van der Waals surface area contributed by atoms with E-state index in [1.54, 1.807) is 5.79 Å². The first-order valence-corrected chi connectivity index (χ1v) is 56.9. The van der Waals surface area contributed by atoms with Crippen molar-refractivity contribution in [2.45, 2.75) is 378 Å². The van der Waals surface area contributed by atoms with Crippen LogP contribution in [0.1, 0.15) is 372 Å². The number of unbranched alkanes of at least 4 members (excludes halogenated alkanes) is 30. The Bertz CT molecular complexity index is 2530. The number of hydrogen-bond acceptors (Lipinski definition) is 6. The maximum atomic E-state index is 15.4. The molecule has 2 unspecified atom stereocenters. The summed E-state index contributed by atoms with van der Waals surface area (Å²) in [5, 5.41) is 7.01. The summed E-state index contributed by atoms with van der Waals surface area (Å²) in [5.41, 5.74) is 1.56. The van der Waals surface area contributed by atoms with E-state index in [4.69, 9.17) is 9.47 Å². The number of rotatable bonds is 58. The van der Waals surface area contributed by atoms with Gasteiger partial charge in [-0.15, -0.1) is 0 Å². The van der Waals surface area contributed by atoms with Crippen molar-refractivity contribution >= 4 is 119 Å². The minimum atomic E-state index is -3.00. The number of carbonyl (C=O) groups is 2. The predicted octanol–water partition coefficient (Wildman–Crippen LogP) is 28.6. The van der Waals surface area contributed by atoms with Crippen molar-refractivity contribution in [3.8, 4) is 0 Å². The number of carbonyl (C=O) groups excluding carboxylic acids is 2. The number of ether oxygens (including phenoxy) is 2. The average Bonchev–Trinajstić information content (AvgIpc) is 1.50. The molecule has 2 heterocycles. The molecule has 8 heteroatoms. The van der Waals surface area contributed by atoms with E-state index in [1.807, 2.05) is 0 Å². The molecule has 4 nitrogen and oxygen atoms in total. The fourth-order valence-electron chi connectivity index (χ4n) is 15.5. The standard InChI is InChI=1S/C60H88O4S2.6C4H9.2Sn/c1-5-9-13-17-21-23-27-31-35-47(33-29-25-19-15-11-7-3)45-63-59(61)55-43-49-41-54-50(42-53(49)57-51(55)37-39-65-57)44-56(52-38-40-66-58(52)54)60(62)64-46-48(34-30-26-20-16-12-8-4)36-32-28-24-22-18-14-10-6-2;6*1-3-4-2;;/h37-38,41-44,47-48H,5-36,45-46H2,1-4H3;6*1,3-4H2,2H3;;. The molecular weight excluding hydrogens is 1370 g/mol. The molecular formula is C84H142O4S2Sn2. The van der Waals surface area contributed by atoms with E-state index >= 15 is 9.59 Å². The summed E-state index contributed by atoms with van der Waals surface area (Å²) in [4.78, 5) is 30.8. The monoisotopic (exact) mass is 1520 g/mol. The third kappa shape index (κ3) is 27.1. The Morgan fingerprint density at radius 1 is 0.304 bits per heavy atom. The Kier molecular flexibility index (Phi) is 42.8. The third-order valence-electron chi connectivity index (χ3n) is 21.7. The molecule has 3 aromatic carbocycles. The molecule has 0 radical (unpaired) electrons. The van der Waals surface area contributed by atoms with Crippen LogP contribution in [-0.2, 0) is 9.47 Å². The van der Waals surface area contributed by atoms with Crippen molar-refractivity contribution in [1.82, 2.24) is 0 Å². The zero-order valence-electron chi connectivity index (χ0n) is 61.8. The van der Waals surface area contributed by atoms with Crippen LogP contribution >= 0.6 is 22.7 Å². The van der Waals surface area contributed by atoms with Gasteiger partial charge in [-0.3, -0.25) is 0 Å². The Labute approximate surface area is 583 Å². The van der Waals surface area contributed by atoms with Gasteiger partial charge in [0.05, 0.1) is 0 Å². The van der Waals surface area contributed by atoms with Crippen LogP contribution in [0, 0.1) is 11.8 Å². The van der Waals surface area contributed by atoms with E-state index in [-0.39, 0.29) is 11.9 Å². The summed E-state index contributed by atoms with van der Waals surface area (Å²) in [6.45, 7) is 24.6. The summed E-state index contributed by atoms with van der Waals surface area (Å²) in [6, 6.07) is 14.6. The Hall–Kier alpha value is -1.36. The molecule has 0 aliphatic rings. The van der Waals surface area contributed by atoms with E-state index in [2.05, 4.69) is 128 Å². The van der Waals surface area contributed by atoms with Crippen LogP contribution in [0.2, 0.25) is 26.6 Å². The molecule has 0 bridgehead atoms. The van der Waals surface area contributed by atoms with E-state index in [1.165, 1.54) is 304 Å². The third-order valence-corrected chi connectivity index (χ3v) is 60.4. The van der Waals surface area contributed by atoms with Crippen LogP contribution in [0.25, 0.3) is 41.7 Å². The summed E-state index contributed by atoms with van der Waals surface area (Å²) in [6.07, 6.45) is 56.4. The number of fused-ring (bicyclic) bond motifs is 6. The van der Waals surface area contributed by atoms with Crippen LogP contribution in [0.4, 0.5) is 0 Å². The zero-order valence-corrected chi connectivity index (χ0v) is 69.2. The van der Waals surface area contributed by atoms with Gasteiger partial charge in [0.25, 0.3) is 0 Å². The van der Waals surface area contributed by atoms with Crippen molar-refractivity contribution in [1.29, 1.82) is 0 Å². The zero-order chi connectivity index (χ0) is 66.1. The molecule has 2 atom stereocenters. The number of esters is 2. The van der Waals surface area contributed by atoms with Gasteiger partial charge in [0.2, 0.25) is 0 Å². The molecule has 522 valence electrons. The topological polar surface area (TPSA) is 52.6 Å². The molecule has 5 rings (SSSR count). The SMILES string of the molecule is CCCCCCCCCCC(CCCCCCCC)COC(=O)c1cc2cc3c(cc(C(=O)OCC(CCCCCCCC)CCCCCCCCCC)c4c[c]([Sn]([CH2]CCC)([CH2]CCC)[CH2]CCC)sc43)cc2c2s[c]([Sn]([CH2]CCC)([CH2]CCC)[CH2]CCC)cc12.